The molecule has 0 aromatic carbocycles. The topological polar surface area (TPSA) is 26.3 Å². The van der Waals surface area contributed by atoms with Crippen molar-refractivity contribution in [3.05, 3.63) is 12.2 Å². The molecule has 0 saturated carbocycles. The van der Waals surface area contributed by atoms with Crippen molar-refractivity contribution in [2.24, 2.45) is 5.92 Å². The van der Waals surface area contributed by atoms with E-state index < -0.39 is 0 Å². The summed E-state index contributed by atoms with van der Waals surface area (Å²) in [5, 5.41) is 0. The highest BCUT2D eigenvalue weighted by Gasteiger charge is 2.03. The lowest BCUT2D eigenvalue weighted by Crippen LogP contribution is -2.05. The Labute approximate surface area is 253 Å². The number of ether oxygens (including phenoxy) is 1. The molecule has 2 nitrogen and oxygen atoms in total. The summed E-state index contributed by atoms with van der Waals surface area (Å²) in [5.41, 5.74) is 0. The van der Waals surface area contributed by atoms with E-state index in [9.17, 15) is 4.79 Å². The lowest BCUT2D eigenvalue weighted by Gasteiger charge is -2.07. The van der Waals surface area contributed by atoms with Crippen molar-refractivity contribution >= 4 is 5.97 Å². The van der Waals surface area contributed by atoms with Crippen molar-refractivity contribution in [1.29, 1.82) is 0 Å². The van der Waals surface area contributed by atoms with Crippen LogP contribution in [0.4, 0.5) is 0 Å². The molecular formula is C38H74O2. The molecule has 0 spiro atoms. The van der Waals surface area contributed by atoms with Crippen molar-refractivity contribution in [2.75, 3.05) is 6.61 Å². The standard InChI is InChI=1S/C38H74O2/c1-4-6-7-8-9-10-11-12-13-14-15-16-17-18-19-20-21-22-26-29-32-35-38(39)40-36-33-30-27-24-23-25-28-31-34-37(3)5-2/h12-13,37H,4-11,14-36H2,1-3H3. The second-order valence-electron chi connectivity index (χ2n) is 12.8. The molecule has 1 atom stereocenters. The molecule has 0 bridgehead atoms. The van der Waals surface area contributed by atoms with Gasteiger partial charge in [-0.25, -0.2) is 0 Å². The van der Waals surface area contributed by atoms with Gasteiger partial charge >= 0.3 is 5.97 Å². The summed E-state index contributed by atoms with van der Waals surface area (Å²) in [5.74, 6) is 0.925. The van der Waals surface area contributed by atoms with Gasteiger partial charge in [-0.2, -0.15) is 0 Å². The molecule has 2 heteroatoms. The number of esters is 1. The van der Waals surface area contributed by atoms with Crippen LogP contribution in [-0.4, -0.2) is 12.6 Å². The third-order valence-corrected chi connectivity index (χ3v) is 8.69. The SMILES string of the molecule is CCCCCCCCC=CCCCCCCCCCCCCCC(=O)OCCCCCCCCCCC(C)CC. The highest BCUT2D eigenvalue weighted by atomic mass is 16.5. The van der Waals surface area contributed by atoms with E-state index in [-0.39, 0.29) is 5.97 Å². The molecule has 40 heavy (non-hydrogen) atoms. The van der Waals surface area contributed by atoms with Crippen LogP contribution in [0.5, 0.6) is 0 Å². The van der Waals surface area contributed by atoms with E-state index in [1.54, 1.807) is 0 Å². The summed E-state index contributed by atoms with van der Waals surface area (Å²) in [4.78, 5) is 11.9. The van der Waals surface area contributed by atoms with Gasteiger partial charge < -0.3 is 4.74 Å². The van der Waals surface area contributed by atoms with Crippen LogP contribution in [0, 0.1) is 5.92 Å². The highest BCUT2D eigenvalue weighted by Crippen LogP contribution is 2.16. The largest absolute Gasteiger partial charge is 0.466 e. The van der Waals surface area contributed by atoms with E-state index in [2.05, 4.69) is 32.9 Å². The van der Waals surface area contributed by atoms with Crippen molar-refractivity contribution in [3.8, 4) is 0 Å². The first-order chi connectivity index (χ1) is 19.7. The second-order valence-corrected chi connectivity index (χ2v) is 12.8. The number of hydrogen-bond acceptors (Lipinski definition) is 2. The Hall–Kier alpha value is -0.790. The van der Waals surface area contributed by atoms with Crippen LogP contribution in [0.1, 0.15) is 213 Å². The van der Waals surface area contributed by atoms with Gasteiger partial charge in [-0.3, -0.25) is 4.79 Å². The smallest absolute Gasteiger partial charge is 0.305 e. The normalized spacial score (nSPS) is 12.4. The van der Waals surface area contributed by atoms with Gasteiger partial charge in [-0.15, -0.1) is 0 Å². The fourth-order valence-electron chi connectivity index (χ4n) is 5.52. The van der Waals surface area contributed by atoms with Crippen LogP contribution in [-0.2, 0) is 9.53 Å². The van der Waals surface area contributed by atoms with Crippen molar-refractivity contribution in [3.63, 3.8) is 0 Å². The van der Waals surface area contributed by atoms with E-state index in [0.29, 0.717) is 13.0 Å². The predicted octanol–water partition coefficient (Wildman–Crippen LogP) is 13.5. The summed E-state index contributed by atoms with van der Waals surface area (Å²) in [6, 6.07) is 0. The highest BCUT2D eigenvalue weighted by molar-refractivity contribution is 5.69. The minimum atomic E-state index is 0.0228. The monoisotopic (exact) mass is 563 g/mol. The van der Waals surface area contributed by atoms with Crippen LogP contribution >= 0.6 is 0 Å². The molecule has 0 rings (SSSR count). The number of rotatable bonds is 33. The maximum Gasteiger partial charge on any atom is 0.305 e. The van der Waals surface area contributed by atoms with Gasteiger partial charge in [0.2, 0.25) is 0 Å². The Balaban J connectivity index is 3.19. The summed E-state index contributed by atoms with van der Waals surface area (Å²) in [6.07, 6.45) is 44.1. The first kappa shape index (κ1) is 39.2. The van der Waals surface area contributed by atoms with Gasteiger partial charge in [-0.1, -0.05) is 181 Å². The summed E-state index contributed by atoms with van der Waals surface area (Å²) >= 11 is 0. The molecule has 0 aliphatic carbocycles. The van der Waals surface area contributed by atoms with Crippen LogP contribution in [0.2, 0.25) is 0 Å². The van der Waals surface area contributed by atoms with Gasteiger partial charge in [0.05, 0.1) is 6.61 Å². The molecule has 0 amide bonds. The molecular weight excluding hydrogens is 488 g/mol. The van der Waals surface area contributed by atoms with Gasteiger partial charge in [0.1, 0.15) is 0 Å². The Morgan fingerprint density at radius 3 is 1.40 bits per heavy atom. The number of carbonyl (C=O) groups is 1. The van der Waals surface area contributed by atoms with E-state index in [0.717, 1.165) is 18.8 Å². The average molecular weight is 563 g/mol. The van der Waals surface area contributed by atoms with Crippen LogP contribution < -0.4 is 0 Å². The molecule has 0 aromatic rings. The number of allylic oxidation sites excluding steroid dienone is 2. The predicted molar refractivity (Wildman–Crippen MR) is 179 cm³/mol. The van der Waals surface area contributed by atoms with E-state index in [1.807, 2.05) is 0 Å². The molecule has 0 N–H and O–H groups in total. The summed E-state index contributed by atoms with van der Waals surface area (Å²) < 4.78 is 5.44. The zero-order chi connectivity index (χ0) is 29.2. The second kappa shape index (κ2) is 34.4. The average Bonchev–Trinajstić information content (AvgIpc) is 2.96. The first-order valence-corrected chi connectivity index (χ1v) is 18.5. The van der Waals surface area contributed by atoms with E-state index >= 15 is 0 Å². The van der Waals surface area contributed by atoms with E-state index in [4.69, 9.17) is 4.74 Å². The Morgan fingerprint density at radius 1 is 0.525 bits per heavy atom. The molecule has 0 aliphatic heterocycles. The Bertz CT molecular complexity index is 512. The molecule has 0 saturated heterocycles. The number of carbonyl (C=O) groups excluding carboxylic acids is 1. The lowest BCUT2D eigenvalue weighted by molar-refractivity contribution is -0.143. The summed E-state index contributed by atoms with van der Waals surface area (Å²) in [7, 11) is 0. The van der Waals surface area contributed by atoms with Crippen molar-refractivity contribution < 1.29 is 9.53 Å². The molecule has 0 aliphatic rings. The zero-order valence-corrected chi connectivity index (χ0v) is 28.0. The van der Waals surface area contributed by atoms with Gasteiger partial charge in [0.15, 0.2) is 0 Å². The Morgan fingerprint density at radius 2 is 0.925 bits per heavy atom. The molecule has 0 heterocycles. The van der Waals surface area contributed by atoms with Crippen molar-refractivity contribution in [1.82, 2.24) is 0 Å². The number of hydrogen-bond donors (Lipinski definition) is 0. The van der Waals surface area contributed by atoms with E-state index in [1.165, 1.54) is 173 Å². The maximum atomic E-state index is 11.9. The molecule has 0 radical (unpaired) electrons. The first-order valence-electron chi connectivity index (χ1n) is 18.5. The van der Waals surface area contributed by atoms with Crippen LogP contribution in [0.15, 0.2) is 12.2 Å². The lowest BCUT2D eigenvalue weighted by atomic mass is 10.00. The fraction of sp³-hybridized carbons (Fsp3) is 0.921. The van der Waals surface area contributed by atoms with Gasteiger partial charge in [-0.05, 0) is 44.4 Å². The van der Waals surface area contributed by atoms with Crippen molar-refractivity contribution in [2.45, 2.75) is 213 Å². The maximum absolute atomic E-state index is 11.9. The third kappa shape index (κ3) is 33.4. The fourth-order valence-corrected chi connectivity index (χ4v) is 5.52. The zero-order valence-electron chi connectivity index (χ0n) is 28.0. The van der Waals surface area contributed by atoms with Crippen LogP contribution in [0.3, 0.4) is 0 Å². The molecule has 238 valence electrons. The quantitative estimate of drug-likeness (QED) is 0.0451. The number of unbranched alkanes of at least 4 members (excludes halogenated alkanes) is 24. The Kier molecular flexibility index (Phi) is 33.7. The third-order valence-electron chi connectivity index (χ3n) is 8.69. The van der Waals surface area contributed by atoms with Crippen LogP contribution in [0.25, 0.3) is 0 Å². The summed E-state index contributed by atoms with van der Waals surface area (Å²) in [6.45, 7) is 7.58. The van der Waals surface area contributed by atoms with Gasteiger partial charge in [0, 0.05) is 6.42 Å². The molecule has 1 unspecified atom stereocenters. The molecule has 0 aromatic heterocycles. The minimum absolute atomic E-state index is 0.0228. The van der Waals surface area contributed by atoms with Gasteiger partial charge in [0.25, 0.3) is 0 Å². The molecule has 0 fully saturated rings. The minimum Gasteiger partial charge on any atom is -0.466 e.